The number of rotatable bonds is 4. The molecule has 3 nitrogen and oxygen atoms in total. The SMILES string of the molecule is O=C1C=CC(=O)N1C(c1ccccc1)(c1ccccc1)c1ccccc1. The van der Waals surface area contributed by atoms with E-state index in [4.69, 9.17) is 0 Å². The van der Waals surface area contributed by atoms with Crippen molar-refractivity contribution in [1.82, 2.24) is 4.90 Å². The first-order valence-electron chi connectivity index (χ1n) is 8.47. The molecule has 0 aliphatic carbocycles. The Hall–Kier alpha value is -3.46. The number of imide groups is 1. The van der Waals surface area contributed by atoms with Crippen LogP contribution in [0.15, 0.2) is 103 Å². The second-order valence-electron chi connectivity index (χ2n) is 6.15. The summed E-state index contributed by atoms with van der Waals surface area (Å²) in [6, 6.07) is 29.1. The molecule has 0 saturated heterocycles. The molecule has 3 aromatic carbocycles. The van der Waals surface area contributed by atoms with E-state index in [2.05, 4.69) is 0 Å². The Bertz CT molecular complexity index is 848. The molecule has 126 valence electrons. The first-order valence-corrected chi connectivity index (χ1v) is 8.47. The van der Waals surface area contributed by atoms with Crippen LogP contribution in [0.1, 0.15) is 16.7 Å². The van der Waals surface area contributed by atoms with Gasteiger partial charge in [0.2, 0.25) is 0 Å². The van der Waals surface area contributed by atoms with E-state index in [0.29, 0.717) is 0 Å². The number of hydrogen-bond donors (Lipinski definition) is 0. The predicted octanol–water partition coefficient (Wildman–Crippen LogP) is 3.90. The van der Waals surface area contributed by atoms with Crippen molar-refractivity contribution in [3.05, 3.63) is 120 Å². The van der Waals surface area contributed by atoms with Gasteiger partial charge in [0.15, 0.2) is 0 Å². The number of carbonyl (C=O) groups excluding carboxylic acids is 2. The highest BCUT2D eigenvalue weighted by Gasteiger charge is 2.48. The van der Waals surface area contributed by atoms with Crippen LogP contribution < -0.4 is 0 Å². The number of nitrogens with zero attached hydrogens (tertiary/aromatic N) is 1. The average molecular weight is 339 g/mol. The van der Waals surface area contributed by atoms with E-state index in [0.717, 1.165) is 16.7 Å². The molecule has 0 radical (unpaired) electrons. The third kappa shape index (κ3) is 2.37. The lowest BCUT2D eigenvalue weighted by atomic mass is 9.75. The molecule has 4 rings (SSSR count). The first kappa shape index (κ1) is 16.0. The monoisotopic (exact) mass is 339 g/mol. The van der Waals surface area contributed by atoms with E-state index < -0.39 is 5.54 Å². The summed E-state index contributed by atoms with van der Waals surface area (Å²) in [7, 11) is 0. The average Bonchev–Trinajstić information content (AvgIpc) is 3.04. The number of hydrogen-bond acceptors (Lipinski definition) is 2. The molecular weight excluding hydrogens is 322 g/mol. The summed E-state index contributed by atoms with van der Waals surface area (Å²) in [6.45, 7) is 0. The van der Waals surface area contributed by atoms with Gasteiger partial charge in [-0.1, -0.05) is 91.0 Å². The molecule has 1 heterocycles. The van der Waals surface area contributed by atoms with E-state index in [1.165, 1.54) is 17.1 Å². The Balaban J connectivity index is 2.11. The van der Waals surface area contributed by atoms with Crippen LogP contribution in [0.25, 0.3) is 0 Å². The van der Waals surface area contributed by atoms with Crippen LogP contribution in [0.5, 0.6) is 0 Å². The molecular formula is C23H17NO2. The summed E-state index contributed by atoms with van der Waals surface area (Å²) in [5.74, 6) is -0.627. The lowest BCUT2D eigenvalue weighted by molar-refractivity contribution is -0.141. The van der Waals surface area contributed by atoms with Crippen LogP contribution in [0.3, 0.4) is 0 Å². The third-order valence-electron chi connectivity index (χ3n) is 4.72. The van der Waals surface area contributed by atoms with E-state index in [1.54, 1.807) is 0 Å². The van der Waals surface area contributed by atoms with Gasteiger partial charge in [0.25, 0.3) is 11.8 Å². The van der Waals surface area contributed by atoms with Gasteiger partial charge < -0.3 is 0 Å². The van der Waals surface area contributed by atoms with Crippen LogP contribution >= 0.6 is 0 Å². The molecule has 0 atom stereocenters. The predicted molar refractivity (Wildman–Crippen MR) is 100 cm³/mol. The molecule has 0 bridgehead atoms. The Morgan fingerprint density at radius 1 is 0.500 bits per heavy atom. The van der Waals surface area contributed by atoms with Gasteiger partial charge in [0, 0.05) is 12.2 Å². The molecule has 1 aliphatic heterocycles. The molecule has 3 heteroatoms. The second-order valence-corrected chi connectivity index (χ2v) is 6.15. The quantitative estimate of drug-likeness (QED) is 0.534. The van der Waals surface area contributed by atoms with Crippen LogP contribution in [0.4, 0.5) is 0 Å². The highest BCUT2D eigenvalue weighted by molar-refractivity contribution is 6.14. The zero-order chi connectivity index (χ0) is 18.0. The van der Waals surface area contributed by atoms with Gasteiger partial charge in [0.1, 0.15) is 5.54 Å². The van der Waals surface area contributed by atoms with Gasteiger partial charge in [-0.15, -0.1) is 0 Å². The molecule has 26 heavy (non-hydrogen) atoms. The smallest absolute Gasteiger partial charge is 0.254 e. The molecule has 0 spiro atoms. The first-order chi connectivity index (χ1) is 12.7. The van der Waals surface area contributed by atoms with Crippen molar-refractivity contribution >= 4 is 11.8 Å². The van der Waals surface area contributed by atoms with Gasteiger partial charge in [0.05, 0.1) is 0 Å². The molecule has 0 fully saturated rings. The maximum Gasteiger partial charge on any atom is 0.254 e. The van der Waals surface area contributed by atoms with Crippen LogP contribution in [0.2, 0.25) is 0 Å². The topological polar surface area (TPSA) is 37.4 Å². The molecule has 0 N–H and O–H groups in total. The van der Waals surface area contributed by atoms with Gasteiger partial charge in [-0.05, 0) is 16.7 Å². The van der Waals surface area contributed by atoms with E-state index in [1.807, 2.05) is 91.0 Å². The lowest BCUT2D eigenvalue weighted by Gasteiger charge is -2.42. The third-order valence-corrected chi connectivity index (χ3v) is 4.72. The van der Waals surface area contributed by atoms with Crippen LogP contribution in [-0.2, 0) is 15.1 Å². The summed E-state index contributed by atoms with van der Waals surface area (Å²) >= 11 is 0. The normalized spacial score (nSPS) is 14.1. The zero-order valence-corrected chi connectivity index (χ0v) is 14.1. The lowest BCUT2D eigenvalue weighted by Crippen LogP contribution is -2.51. The van der Waals surface area contributed by atoms with Crippen molar-refractivity contribution in [1.29, 1.82) is 0 Å². The second kappa shape index (κ2) is 6.45. The number of carbonyl (C=O) groups is 2. The standard InChI is InChI=1S/C23H17NO2/c25-21-16-17-22(26)24(21)23(18-10-4-1-5-11-18,19-12-6-2-7-13-19)20-14-8-3-9-15-20/h1-17H. The van der Waals surface area contributed by atoms with E-state index in [9.17, 15) is 9.59 Å². The Morgan fingerprint density at radius 3 is 1.12 bits per heavy atom. The zero-order valence-electron chi connectivity index (χ0n) is 14.1. The van der Waals surface area contributed by atoms with Gasteiger partial charge >= 0.3 is 0 Å². The number of amides is 2. The molecule has 2 amide bonds. The van der Waals surface area contributed by atoms with Crippen LogP contribution in [-0.4, -0.2) is 16.7 Å². The van der Waals surface area contributed by atoms with Crippen molar-refractivity contribution in [3.63, 3.8) is 0 Å². The summed E-state index contributed by atoms with van der Waals surface area (Å²) in [5, 5.41) is 0. The fourth-order valence-electron chi connectivity index (χ4n) is 3.66. The summed E-state index contributed by atoms with van der Waals surface area (Å²) in [5.41, 5.74) is 1.56. The van der Waals surface area contributed by atoms with Crippen molar-refractivity contribution in [3.8, 4) is 0 Å². The minimum Gasteiger partial charge on any atom is -0.269 e. The summed E-state index contributed by atoms with van der Waals surface area (Å²) in [4.78, 5) is 26.9. The van der Waals surface area contributed by atoms with Gasteiger partial charge in [-0.3, -0.25) is 14.5 Å². The highest BCUT2D eigenvalue weighted by atomic mass is 16.2. The van der Waals surface area contributed by atoms with E-state index in [-0.39, 0.29) is 11.8 Å². The Kier molecular flexibility index (Phi) is 3.98. The Labute approximate surface area is 152 Å². The Morgan fingerprint density at radius 2 is 0.808 bits per heavy atom. The summed E-state index contributed by atoms with van der Waals surface area (Å²) < 4.78 is 0. The molecule has 0 aromatic heterocycles. The van der Waals surface area contributed by atoms with Crippen LogP contribution in [0, 0.1) is 0 Å². The molecule has 3 aromatic rings. The van der Waals surface area contributed by atoms with E-state index >= 15 is 0 Å². The minimum atomic E-state index is -1.03. The minimum absolute atomic E-state index is 0.313. The van der Waals surface area contributed by atoms with Gasteiger partial charge in [-0.2, -0.15) is 0 Å². The largest absolute Gasteiger partial charge is 0.269 e. The maximum absolute atomic E-state index is 12.8. The van der Waals surface area contributed by atoms with Crippen molar-refractivity contribution < 1.29 is 9.59 Å². The fourth-order valence-corrected chi connectivity index (χ4v) is 3.66. The molecule has 0 unspecified atom stereocenters. The molecule has 1 aliphatic rings. The van der Waals surface area contributed by atoms with Crippen molar-refractivity contribution in [2.75, 3.05) is 0 Å². The van der Waals surface area contributed by atoms with Gasteiger partial charge in [-0.25, -0.2) is 0 Å². The van der Waals surface area contributed by atoms with Crippen molar-refractivity contribution in [2.24, 2.45) is 0 Å². The number of benzene rings is 3. The maximum atomic E-state index is 12.8. The summed E-state index contributed by atoms with van der Waals surface area (Å²) in [6.07, 6.45) is 2.68. The van der Waals surface area contributed by atoms with Crippen molar-refractivity contribution in [2.45, 2.75) is 5.54 Å². The fraction of sp³-hybridized carbons (Fsp3) is 0.0435. The molecule has 0 saturated carbocycles. The highest BCUT2D eigenvalue weighted by Crippen LogP contribution is 2.43.